The number of hydroxylamine groups is 1. The monoisotopic (exact) mass is 469 g/mol. The Morgan fingerprint density at radius 2 is 2.00 bits per heavy atom. The minimum Gasteiger partial charge on any atom is -0.333 e. The first kappa shape index (κ1) is 20.5. The van der Waals surface area contributed by atoms with E-state index in [0.29, 0.717) is 29.3 Å². The zero-order chi connectivity index (χ0) is 20.6. The van der Waals surface area contributed by atoms with E-state index in [2.05, 4.69) is 37.0 Å². The van der Waals surface area contributed by atoms with E-state index in [9.17, 15) is 10.0 Å². The highest BCUT2D eigenvalue weighted by molar-refractivity contribution is 9.10. The van der Waals surface area contributed by atoms with Crippen molar-refractivity contribution >= 4 is 50.5 Å². The maximum atomic E-state index is 12.1. The maximum Gasteiger partial charge on any atom is 0.319 e. The number of carbonyl (C=O) groups excluding carboxylic acids is 1. The molecule has 3 aromatic rings. The zero-order valence-corrected chi connectivity index (χ0v) is 17.4. The lowest BCUT2D eigenvalue weighted by molar-refractivity contribution is 0.235. The number of thiophene rings is 1. The van der Waals surface area contributed by atoms with Crippen LogP contribution in [-0.4, -0.2) is 17.1 Å². The molecule has 0 radical (unpaired) electrons. The van der Waals surface area contributed by atoms with E-state index in [1.807, 2.05) is 42.5 Å². The van der Waals surface area contributed by atoms with Crippen LogP contribution in [0.3, 0.4) is 0 Å². The standard InChI is InChI=1S/C20H16BrN5O2S/c21-14-4-2-6-16(10-14)24-19(26-28)18-8-7-17(29-18)12-23-20(27)25-15-5-1-3-13(9-15)11-22/h1-10,28H,12H2,(H,24,26)(H2,23,25,27). The summed E-state index contributed by atoms with van der Waals surface area (Å²) in [6, 6.07) is 19.4. The lowest BCUT2D eigenvalue weighted by Gasteiger charge is -2.07. The number of rotatable bonds is 5. The number of anilines is 1. The van der Waals surface area contributed by atoms with Crippen molar-refractivity contribution in [2.45, 2.75) is 6.54 Å². The third-order valence-electron chi connectivity index (χ3n) is 3.72. The summed E-state index contributed by atoms with van der Waals surface area (Å²) in [4.78, 5) is 18.1. The van der Waals surface area contributed by atoms with Gasteiger partial charge in [-0.2, -0.15) is 5.26 Å². The van der Waals surface area contributed by atoms with Gasteiger partial charge in [-0.3, -0.25) is 10.7 Å². The third kappa shape index (κ3) is 5.89. The molecule has 2 aromatic carbocycles. The van der Waals surface area contributed by atoms with Gasteiger partial charge in [-0.15, -0.1) is 11.3 Å². The molecule has 0 spiro atoms. The van der Waals surface area contributed by atoms with Gasteiger partial charge >= 0.3 is 6.03 Å². The van der Waals surface area contributed by atoms with Crippen LogP contribution in [0, 0.1) is 11.3 Å². The van der Waals surface area contributed by atoms with Gasteiger partial charge in [0.25, 0.3) is 0 Å². The molecule has 0 saturated heterocycles. The Morgan fingerprint density at radius 1 is 1.17 bits per heavy atom. The molecule has 0 aliphatic rings. The molecule has 146 valence electrons. The molecule has 29 heavy (non-hydrogen) atoms. The van der Waals surface area contributed by atoms with Crippen LogP contribution >= 0.6 is 27.3 Å². The van der Waals surface area contributed by atoms with Gasteiger partial charge in [-0.25, -0.2) is 9.79 Å². The van der Waals surface area contributed by atoms with Crippen molar-refractivity contribution in [2.24, 2.45) is 4.99 Å². The second kappa shape index (κ2) is 9.84. The molecule has 0 unspecified atom stereocenters. The Labute approximate surface area is 179 Å². The molecular formula is C20H16BrN5O2S. The van der Waals surface area contributed by atoms with Gasteiger partial charge in [0.15, 0.2) is 5.84 Å². The second-order valence-electron chi connectivity index (χ2n) is 5.82. The summed E-state index contributed by atoms with van der Waals surface area (Å²) in [5.41, 5.74) is 3.82. The smallest absolute Gasteiger partial charge is 0.319 e. The SMILES string of the molecule is N#Cc1cccc(NC(=O)NCc2ccc(C(=Nc3cccc(Br)c3)NO)s2)c1. The highest BCUT2D eigenvalue weighted by Gasteiger charge is 2.09. The molecule has 0 saturated carbocycles. The maximum absolute atomic E-state index is 12.1. The Morgan fingerprint density at radius 3 is 2.76 bits per heavy atom. The van der Waals surface area contributed by atoms with E-state index in [1.165, 1.54) is 11.3 Å². The van der Waals surface area contributed by atoms with Crippen molar-refractivity contribution in [1.29, 1.82) is 5.26 Å². The van der Waals surface area contributed by atoms with E-state index in [0.717, 1.165) is 14.2 Å². The largest absolute Gasteiger partial charge is 0.333 e. The van der Waals surface area contributed by atoms with Crippen molar-refractivity contribution in [1.82, 2.24) is 10.8 Å². The Bertz CT molecular complexity index is 1090. The topological polar surface area (TPSA) is 110 Å². The van der Waals surface area contributed by atoms with Gasteiger partial charge in [0.05, 0.1) is 28.7 Å². The first-order valence-corrected chi connectivity index (χ1v) is 10.1. The van der Waals surface area contributed by atoms with E-state index in [-0.39, 0.29) is 6.03 Å². The van der Waals surface area contributed by atoms with Crippen molar-refractivity contribution in [2.75, 3.05) is 5.32 Å². The van der Waals surface area contributed by atoms with Gasteiger partial charge in [0, 0.05) is 15.0 Å². The van der Waals surface area contributed by atoms with Crippen LogP contribution in [0.5, 0.6) is 0 Å². The molecule has 7 nitrogen and oxygen atoms in total. The van der Waals surface area contributed by atoms with Gasteiger partial charge in [0.2, 0.25) is 0 Å². The molecule has 2 amide bonds. The van der Waals surface area contributed by atoms with E-state index in [1.54, 1.807) is 24.3 Å². The fourth-order valence-corrected chi connectivity index (χ4v) is 3.69. The van der Waals surface area contributed by atoms with E-state index >= 15 is 0 Å². The quantitative estimate of drug-likeness (QED) is 0.245. The summed E-state index contributed by atoms with van der Waals surface area (Å²) in [5, 5.41) is 23.8. The molecular weight excluding hydrogens is 454 g/mol. The molecule has 0 bridgehead atoms. The van der Waals surface area contributed by atoms with Crippen molar-refractivity contribution in [3.05, 3.63) is 80.5 Å². The number of hydrogen-bond donors (Lipinski definition) is 4. The average molecular weight is 470 g/mol. The van der Waals surface area contributed by atoms with E-state index < -0.39 is 0 Å². The molecule has 0 aliphatic heterocycles. The average Bonchev–Trinajstić information content (AvgIpc) is 3.19. The number of urea groups is 1. The Hall–Kier alpha value is -3.19. The van der Waals surface area contributed by atoms with Gasteiger partial charge in [0.1, 0.15) is 0 Å². The minimum atomic E-state index is -0.377. The number of nitrogens with zero attached hydrogens (tertiary/aromatic N) is 2. The van der Waals surface area contributed by atoms with Crippen molar-refractivity contribution in [3.8, 4) is 6.07 Å². The Balaban J connectivity index is 1.62. The number of hydrogen-bond acceptors (Lipinski definition) is 5. The van der Waals surface area contributed by atoms with Crippen LogP contribution in [0.4, 0.5) is 16.2 Å². The molecule has 0 fully saturated rings. The number of amides is 2. The summed E-state index contributed by atoms with van der Waals surface area (Å²) in [6.07, 6.45) is 0. The molecule has 4 N–H and O–H groups in total. The second-order valence-corrected chi connectivity index (χ2v) is 7.90. The minimum absolute atomic E-state index is 0.310. The lowest BCUT2D eigenvalue weighted by Crippen LogP contribution is -2.27. The van der Waals surface area contributed by atoms with Crippen LogP contribution in [0.2, 0.25) is 0 Å². The highest BCUT2D eigenvalue weighted by Crippen LogP contribution is 2.22. The first-order chi connectivity index (χ1) is 14.1. The first-order valence-electron chi connectivity index (χ1n) is 8.46. The van der Waals surface area contributed by atoms with Crippen LogP contribution in [0.1, 0.15) is 15.3 Å². The summed E-state index contributed by atoms with van der Waals surface area (Å²) in [6.45, 7) is 0.310. The fourth-order valence-electron chi connectivity index (χ4n) is 2.42. The summed E-state index contributed by atoms with van der Waals surface area (Å²) >= 11 is 4.78. The zero-order valence-electron chi connectivity index (χ0n) is 15.0. The third-order valence-corrected chi connectivity index (χ3v) is 5.31. The molecule has 0 aliphatic carbocycles. The number of nitrogens with one attached hydrogen (secondary N) is 3. The summed E-state index contributed by atoms with van der Waals surface area (Å²) in [5.74, 6) is 0.317. The molecule has 0 atom stereocenters. The van der Waals surface area contributed by atoms with E-state index in [4.69, 9.17) is 5.26 Å². The van der Waals surface area contributed by atoms with Crippen LogP contribution < -0.4 is 16.1 Å². The van der Waals surface area contributed by atoms with Crippen LogP contribution in [0.15, 0.2) is 70.1 Å². The summed E-state index contributed by atoms with van der Waals surface area (Å²) < 4.78 is 0.887. The highest BCUT2D eigenvalue weighted by atomic mass is 79.9. The lowest BCUT2D eigenvalue weighted by atomic mass is 10.2. The number of benzene rings is 2. The van der Waals surface area contributed by atoms with Crippen molar-refractivity contribution in [3.63, 3.8) is 0 Å². The van der Waals surface area contributed by atoms with Crippen molar-refractivity contribution < 1.29 is 10.0 Å². The molecule has 3 rings (SSSR count). The van der Waals surface area contributed by atoms with Crippen LogP contribution in [0.25, 0.3) is 0 Å². The predicted molar refractivity (Wildman–Crippen MR) is 117 cm³/mol. The molecule has 1 heterocycles. The Kier molecular flexibility index (Phi) is 6.97. The number of nitriles is 1. The summed E-state index contributed by atoms with van der Waals surface area (Å²) in [7, 11) is 0. The molecule has 9 heteroatoms. The normalized spacial score (nSPS) is 10.9. The molecule has 1 aromatic heterocycles. The van der Waals surface area contributed by atoms with Gasteiger partial charge < -0.3 is 10.6 Å². The number of amidine groups is 1. The number of carbonyl (C=O) groups is 1. The fraction of sp³-hybridized carbons (Fsp3) is 0.0500. The van der Waals surface area contributed by atoms with Gasteiger partial charge in [-0.05, 0) is 48.5 Å². The number of halogens is 1. The van der Waals surface area contributed by atoms with Crippen LogP contribution in [-0.2, 0) is 6.54 Å². The predicted octanol–water partition coefficient (Wildman–Crippen LogP) is 4.76. The number of aliphatic imine (C=N–C) groups is 1. The van der Waals surface area contributed by atoms with Gasteiger partial charge in [-0.1, -0.05) is 28.1 Å².